The summed E-state index contributed by atoms with van der Waals surface area (Å²) < 4.78 is 23.9. The third kappa shape index (κ3) is 5.70. The number of ether oxygens (including phenoxy) is 1. The number of rotatable bonds is 7. The van der Waals surface area contributed by atoms with Crippen LogP contribution in [-0.2, 0) is 24.5 Å². The molecule has 0 aliphatic carbocycles. The number of carbonyl (C=O) groups excluding carboxylic acids is 1. The van der Waals surface area contributed by atoms with Gasteiger partial charge in [-0.05, 0) is 49.4 Å². The molecular formula is C24H27FN4O3. The van der Waals surface area contributed by atoms with Crippen molar-refractivity contribution in [2.75, 3.05) is 6.54 Å². The van der Waals surface area contributed by atoms with Gasteiger partial charge in [-0.3, -0.25) is 0 Å². The monoisotopic (exact) mass is 438 g/mol. The quantitative estimate of drug-likeness (QED) is 0.580. The van der Waals surface area contributed by atoms with E-state index in [-0.39, 0.29) is 24.5 Å². The molecule has 3 aromatic rings. The van der Waals surface area contributed by atoms with Crippen LogP contribution < -0.4 is 5.32 Å². The maximum atomic E-state index is 13.0. The zero-order chi connectivity index (χ0) is 22.3. The highest BCUT2D eigenvalue weighted by molar-refractivity contribution is 5.74. The molecule has 0 bridgehead atoms. The van der Waals surface area contributed by atoms with Crippen LogP contribution in [0.25, 0.3) is 0 Å². The first-order valence-corrected chi connectivity index (χ1v) is 10.8. The van der Waals surface area contributed by atoms with E-state index in [1.165, 1.54) is 17.7 Å². The number of likely N-dealkylation sites (tertiary alicyclic amines) is 1. The molecule has 8 heteroatoms. The first kappa shape index (κ1) is 22.0. The molecule has 2 heterocycles. The van der Waals surface area contributed by atoms with Gasteiger partial charge in [-0.15, -0.1) is 0 Å². The smallest absolute Gasteiger partial charge is 0.318 e. The van der Waals surface area contributed by atoms with E-state index >= 15 is 0 Å². The normalized spacial score (nSPS) is 16.2. The van der Waals surface area contributed by atoms with Gasteiger partial charge in [0.2, 0.25) is 0 Å². The minimum atomic E-state index is -0.282. The molecule has 1 aliphatic heterocycles. The second-order valence-electron chi connectivity index (χ2n) is 8.01. The fourth-order valence-electron chi connectivity index (χ4n) is 3.73. The zero-order valence-corrected chi connectivity index (χ0v) is 18.1. The lowest BCUT2D eigenvalue weighted by Gasteiger charge is -2.33. The lowest BCUT2D eigenvalue weighted by molar-refractivity contribution is 0.0849. The van der Waals surface area contributed by atoms with E-state index in [9.17, 15) is 9.18 Å². The predicted molar refractivity (Wildman–Crippen MR) is 116 cm³/mol. The Kier molecular flexibility index (Phi) is 7.11. The second kappa shape index (κ2) is 10.4. The number of nitrogens with zero attached hydrogens (tertiary/aromatic N) is 3. The molecule has 1 unspecified atom stereocenters. The summed E-state index contributed by atoms with van der Waals surface area (Å²) in [5, 5.41) is 7.10. The topological polar surface area (TPSA) is 80.5 Å². The molecule has 2 amide bonds. The lowest BCUT2D eigenvalue weighted by Crippen LogP contribution is -2.44. The summed E-state index contributed by atoms with van der Waals surface area (Å²) in [5.74, 6) is 0.568. The van der Waals surface area contributed by atoms with Gasteiger partial charge in [0, 0.05) is 13.1 Å². The number of carbonyl (C=O) groups is 1. The molecule has 4 rings (SSSR count). The molecule has 1 saturated heterocycles. The van der Waals surface area contributed by atoms with Gasteiger partial charge in [-0.25, -0.2) is 9.18 Å². The van der Waals surface area contributed by atoms with Crippen molar-refractivity contribution in [2.24, 2.45) is 0 Å². The van der Waals surface area contributed by atoms with Crippen molar-refractivity contribution < 1.29 is 18.4 Å². The van der Waals surface area contributed by atoms with Crippen LogP contribution in [0.15, 0.2) is 53.1 Å². The molecule has 2 aromatic carbocycles. The van der Waals surface area contributed by atoms with Crippen molar-refractivity contribution in [3.05, 3.63) is 82.8 Å². The first-order valence-electron chi connectivity index (χ1n) is 10.8. The summed E-state index contributed by atoms with van der Waals surface area (Å²) in [6.07, 6.45) is 2.73. The van der Waals surface area contributed by atoms with Crippen LogP contribution in [-0.4, -0.2) is 27.6 Å². The number of urea groups is 1. The van der Waals surface area contributed by atoms with Gasteiger partial charge in [0.1, 0.15) is 12.4 Å². The van der Waals surface area contributed by atoms with Crippen LogP contribution in [0.4, 0.5) is 9.18 Å². The summed E-state index contributed by atoms with van der Waals surface area (Å²) in [7, 11) is 0. The minimum absolute atomic E-state index is 0.130. The predicted octanol–water partition coefficient (Wildman–Crippen LogP) is 4.67. The van der Waals surface area contributed by atoms with E-state index in [1.807, 2.05) is 31.2 Å². The van der Waals surface area contributed by atoms with Gasteiger partial charge in [0.05, 0.1) is 12.6 Å². The number of aromatic nitrogens is 2. The van der Waals surface area contributed by atoms with E-state index in [4.69, 9.17) is 9.26 Å². The fraction of sp³-hybridized carbons (Fsp3) is 0.375. The number of aryl methyl sites for hydroxylation is 1. The van der Waals surface area contributed by atoms with Gasteiger partial charge in [0.15, 0.2) is 5.82 Å². The molecule has 7 nitrogen and oxygen atoms in total. The number of halogens is 1. The Labute approximate surface area is 186 Å². The molecule has 32 heavy (non-hydrogen) atoms. The molecule has 0 radical (unpaired) electrons. The van der Waals surface area contributed by atoms with Crippen LogP contribution in [0.2, 0.25) is 0 Å². The van der Waals surface area contributed by atoms with E-state index in [0.29, 0.717) is 31.4 Å². The van der Waals surface area contributed by atoms with Crippen molar-refractivity contribution in [1.29, 1.82) is 0 Å². The summed E-state index contributed by atoms with van der Waals surface area (Å²) in [6.45, 7) is 3.62. The maximum Gasteiger partial charge on any atom is 0.318 e. The number of amides is 2. The Morgan fingerprint density at radius 2 is 1.88 bits per heavy atom. The number of hydrogen-bond donors (Lipinski definition) is 1. The molecule has 1 fully saturated rings. The Balaban J connectivity index is 1.32. The third-order valence-corrected chi connectivity index (χ3v) is 5.52. The molecule has 1 N–H and O–H groups in total. The summed E-state index contributed by atoms with van der Waals surface area (Å²) in [5.41, 5.74) is 3.10. The third-order valence-electron chi connectivity index (χ3n) is 5.52. The van der Waals surface area contributed by atoms with Crippen LogP contribution in [0.1, 0.15) is 53.7 Å². The van der Waals surface area contributed by atoms with Crippen LogP contribution in [0.3, 0.4) is 0 Å². The maximum absolute atomic E-state index is 13.0. The summed E-state index contributed by atoms with van der Waals surface area (Å²) in [6, 6.07) is 13.9. The molecule has 168 valence electrons. The van der Waals surface area contributed by atoms with Crippen molar-refractivity contribution in [1.82, 2.24) is 20.4 Å². The Hall–Kier alpha value is -3.26. The molecule has 0 saturated carbocycles. The van der Waals surface area contributed by atoms with Gasteiger partial charge in [0.25, 0.3) is 5.89 Å². The molecule has 0 spiro atoms. The standard InChI is InChI=1S/C24H27FN4O3/c1-17-5-7-18(8-6-17)14-26-24(30)29-13-3-2-4-21(29)23-27-22(32-28-23)16-31-15-19-9-11-20(25)12-10-19/h5-12,21H,2-4,13-16H2,1H3,(H,26,30). The highest BCUT2D eigenvalue weighted by Gasteiger charge is 2.31. The largest absolute Gasteiger partial charge is 0.367 e. The average Bonchev–Trinajstić information content (AvgIpc) is 3.28. The minimum Gasteiger partial charge on any atom is -0.367 e. The summed E-state index contributed by atoms with van der Waals surface area (Å²) >= 11 is 0. The molecular weight excluding hydrogens is 411 g/mol. The van der Waals surface area contributed by atoms with Gasteiger partial charge < -0.3 is 19.5 Å². The van der Waals surface area contributed by atoms with Gasteiger partial charge >= 0.3 is 6.03 Å². The number of nitrogens with one attached hydrogen (secondary N) is 1. The van der Waals surface area contributed by atoms with Crippen LogP contribution >= 0.6 is 0 Å². The second-order valence-corrected chi connectivity index (χ2v) is 8.01. The van der Waals surface area contributed by atoms with Gasteiger partial charge in [-0.2, -0.15) is 4.98 Å². The Morgan fingerprint density at radius 3 is 2.66 bits per heavy atom. The van der Waals surface area contributed by atoms with E-state index in [2.05, 4.69) is 15.5 Å². The number of piperidine rings is 1. The average molecular weight is 439 g/mol. The summed E-state index contributed by atoms with van der Waals surface area (Å²) in [4.78, 5) is 19.1. The Bertz CT molecular complexity index is 1020. The van der Waals surface area contributed by atoms with Crippen molar-refractivity contribution in [3.63, 3.8) is 0 Å². The zero-order valence-electron chi connectivity index (χ0n) is 18.1. The van der Waals surface area contributed by atoms with Crippen LogP contribution in [0, 0.1) is 12.7 Å². The highest BCUT2D eigenvalue weighted by Crippen LogP contribution is 2.29. The molecule has 1 atom stereocenters. The van der Waals surface area contributed by atoms with E-state index in [0.717, 1.165) is 30.4 Å². The van der Waals surface area contributed by atoms with Crippen molar-refractivity contribution in [2.45, 2.75) is 52.0 Å². The van der Waals surface area contributed by atoms with E-state index < -0.39 is 0 Å². The SMILES string of the molecule is Cc1ccc(CNC(=O)N2CCCCC2c2noc(COCc3ccc(F)cc3)n2)cc1. The van der Waals surface area contributed by atoms with Crippen molar-refractivity contribution >= 4 is 6.03 Å². The van der Waals surface area contributed by atoms with Crippen molar-refractivity contribution in [3.8, 4) is 0 Å². The molecule has 1 aliphatic rings. The fourth-order valence-corrected chi connectivity index (χ4v) is 3.73. The Morgan fingerprint density at radius 1 is 1.12 bits per heavy atom. The first-order chi connectivity index (χ1) is 15.6. The number of hydrogen-bond acceptors (Lipinski definition) is 5. The number of benzene rings is 2. The van der Waals surface area contributed by atoms with Gasteiger partial charge in [-0.1, -0.05) is 47.1 Å². The van der Waals surface area contributed by atoms with E-state index in [1.54, 1.807) is 17.0 Å². The highest BCUT2D eigenvalue weighted by atomic mass is 19.1. The molecule has 1 aromatic heterocycles. The van der Waals surface area contributed by atoms with Crippen LogP contribution in [0.5, 0.6) is 0 Å². The lowest BCUT2D eigenvalue weighted by atomic mass is 10.0.